The molecule has 1 saturated carbocycles. The summed E-state index contributed by atoms with van der Waals surface area (Å²) in [6.45, 7) is 5.57. The summed E-state index contributed by atoms with van der Waals surface area (Å²) < 4.78 is 7.55. The van der Waals surface area contributed by atoms with Crippen LogP contribution >= 0.6 is 0 Å². The summed E-state index contributed by atoms with van der Waals surface area (Å²) in [5, 5.41) is 3.13. The Balaban J connectivity index is 1.72. The topological polar surface area (TPSA) is 82.2 Å². The molecule has 0 spiro atoms. The molecule has 1 heterocycles. The molecule has 0 radical (unpaired) electrons. The fourth-order valence-corrected chi connectivity index (χ4v) is 3.75. The van der Waals surface area contributed by atoms with E-state index in [4.69, 9.17) is 10.5 Å². The molecule has 2 atom stereocenters. The number of anilines is 1. The lowest BCUT2D eigenvalue weighted by molar-refractivity contribution is 0.0489. The van der Waals surface area contributed by atoms with Crippen LogP contribution in [0.5, 0.6) is 0 Å². The Morgan fingerprint density at radius 2 is 1.86 bits per heavy atom. The van der Waals surface area contributed by atoms with Crippen molar-refractivity contribution in [3.05, 3.63) is 78.4 Å². The smallest absolute Gasteiger partial charge is 0.408 e. The van der Waals surface area contributed by atoms with Crippen LogP contribution < -0.4 is 11.1 Å². The predicted molar refractivity (Wildman–Crippen MR) is 113 cm³/mol. The Morgan fingerprint density at radius 3 is 2.52 bits per heavy atom. The summed E-state index contributed by atoms with van der Waals surface area (Å²) in [6.07, 6.45) is 3.97. The van der Waals surface area contributed by atoms with E-state index < -0.39 is 17.2 Å². The van der Waals surface area contributed by atoms with E-state index in [0.29, 0.717) is 5.69 Å². The lowest BCUT2D eigenvalue weighted by Crippen LogP contribution is -2.41. The van der Waals surface area contributed by atoms with Crippen molar-refractivity contribution >= 4 is 11.8 Å². The summed E-state index contributed by atoms with van der Waals surface area (Å²) in [5.41, 5.74) is 7.44. The van der Waals surface area contributed by atoms with Crippen molar-refractivity contribution in [1.82, 2.24) is 14.9 Å². The van der Waals surface area contributed by atoms with Gasteiger partial charge in [-0.3, -0.25) is 0 Å². The van der Waals surface area contributed by atoms with E-state index in [1.807, 2.05) is 74.0 Å². The zero-order chi connectivity index (χ0) is 20.6. The second-order valence-electron chi connectivity index (χ2n) is 8.48. The Hall–Kier alpha value is -3.28. The molecule has 1 aliphatic rings. The van der Waals surface area contributed by atoms with Gasteiger partial charge in [0.1, 0.15) is 17.0 Å². The molecule has 1 aliphatic carbocycles. The highest BCUT2D eigenvalue weighted by Crippen LogP contribution is 2.58. The highest BCUT2D eigenvalue weighted by Gasteiger charge is 2.60. The average Bonchev–Trinajstić information content (AvgIpc) is 3.15. The van der Waals surface area contributed by atoms with Gasteiger partial charge < -0.3 is 20.4 Å². The van der Waals surface area contributed by atoms with Gasteiger partial charge in [0.15, 0.2) is 0 Å². The van der Waals surface area contributed by atoms with E-state index in [1.165, 1.54) is 0 Å². The number of benzene rings is 2. The largest absolute Gasteiger partial charge is 0.444 e. The van der Waals surface area contributed by atoms with Gasteiger partial charge in [-0.05, 0) is 57.0 Å². The standard InChI is InChI=1S/C23H26N4O2/c1-22(2,3)29-21(28)26-23(15-19(23)16-7-5-4-6-8-16)20-25-13-14-27(20)18-11-9-17(24)10-12-18/h4-14,19H,15,24H2,1-3H3,(H,26,28)/t19?,23-/m0/s1. The van der Waals surface area contributed by atoms with E-state index >= 15 is 0 Å². The van der Waals surface area contributed by atoms with Gasteiger partial charge in [0, 0.05) is 29.7 Å². The number of nitrogens with two attached hydrogens (primary N) is 1. The highest BCUT2D eigenvalue weighted by atomic mass is 16.6. The number of ether oxygens (including phenoxy) is 1. The second-order valence-corrected chi connectivity index (χ2v) is 8.48. The van der Waals surface area contributed by atoms with Crippen LogP contribution in [0, 0.1) is 0 Å². The van der Waals surface area contributed by atoms with E-state index in [9.17, 15) is 4.79 Å². The van der Waals surface area contributed by atoms with Gasteiger partial charge in [0.2, 0.25) is 0 Å². The van der Waals surface area contributed by atoms with Crippen LogP contribution in [0.2, 0.25) is 0 Å². The summed E-state index contributed by atoms with van der Waals surface area (Å²) in [6, 6.07) is 17.8. The fraction of sp³-hybridized carbons (Fsp3) is 0.304. The van der Waals surface area contributed by atoms with Gasteiger partial charge in [-0.1, -0.05) is 30.3 Å². The number of rotatable bonds is 4. The molecule has 29 heavy (non-hydrogen) atoms. The van der Waals surface area contributed by atoms with Crippen molar-refractivity contribution in [3.63, 3.8) is 0 Å². The monoisotopic (exact) mass is 390 g/mol. The van der Waals surface area contributed by atoms with Crippen molar-refractivity contribution in [2.45, 2.75) is 44.2 Å². The van der Waals surface area contributed by atoms with Crippen molar-refractivity contribution in [2.75, 3.05) is 5.73 Å². The van der Waals surface area contributed by atoms with Gasteiger partial charge >= 0.3 is 6.09 Å². The van der Waals surface area contributed by atoms with Crippen molar-refractivity contribution in [2.24, 2.45) is 0 Å². The van der Waals surface area contributed by atoms with Crippen LogP contribution in [-0.2, 0) is 10.3 Å². The molecule has 6 nitrogen and oxygen atoms in total. The maximum absolute atomic E-state index is 12.7. The van der Waals surface area contributed by atoms with Crippen LogP contribution in [-0.4, -0.2) is 21.2 Å². The SMILES string of the molecule is CC(C)(C)OC(=O)N[C@@]1(c2nccn2-c2ccc(N)cc2)CC1c1ccccc1. The van der Waals surface area contributed by atoms with Crippen molar-refractivity contribution in [1.29, 1.82) is 0 Å². The first-order chi connectivity index (χ1) is 13.8. The van der Waals surface area contributed by atoms with Crippen LogP contribution in [0.3, 0.4) is 0 Å². The lowest BCUT2D eigenvalue weighted by Gasteiger charge is -2.25. The molecule has 0 bridgehead atoms. The van der Waals surface area contributed by atoms with Crippen molar-refractivity contribution in [3.8, 4) is 5.69 Å². The fourth-order valence-electron chi connectivity index (χ4n) is 3.75. The average molecular weight is 390 g/mol. The lowest BCUT2D eigenvalue weighted by atomic mass is 10.1. The molecule has 1 unspecified atom stereocenters. The van der Waals surface area contributed by atoms with Gasteiger partial charge in [0.05, 0.1) is 0 Å². The number of alkyl carbamates (subject to hydrolysis) is 1. The number of nitrogens with one attached hydrogen (secondary N) is 1. The molecule has 0 saturated heterocycles. The summed E-state index contributed by atoms with van der Waals surface area (Å²) in [4.78, 5) is 17.3. The minimum absolute atomic E-state index is 0.117. The molecule has 150 valence electrons. The third kappa shape index (κ3) is 3.83. The molecule has 1 aromatic heterocycles. The first kappa shape index (κ1) is 19.1. The Morgan fingerprint density at radius 1 is 1.17 bits per heavy atom. The van der Waals surface area contributed by atoms with Gasteiger partial charge in [-0.2, -0.15) is 0 Å². The summed E-state index contributed by atoms with van der Waals surface area (Å²) >= 11 is 0. The highest BCUT2D eigenvalue weighted by molar-refractivity contribution is 5.70. The number of nitrogens with zero attached hydrogens (tertiary/aromatic N) is 2. The first-order valence-corrected chi connectivity index (χ1v) is 9.74. The normalized spacial score (nSPS) is 20.9. The number of hydrogen-bond acceptors (Lipinski definition) is 4. The minimum Gasteiger partial charge on any atom is -0.444 e. The zero-order valence-electron chi connectivity index (χ0n) is 16.9. The maximum atomic E-state index is 12.7. The third-order valence-corrected chi connectivity index (χ3v) is 5.10. The van der Waals surface area contributed by atoms with Crippen LogP contribution in [0.25, 0.3) is 5.69 Å². The van der Waals surface area contributed by atoms with Crippen LogP contribution in [0.15, 0.2) is 67.0 Å². The summed E-state index contributed by atoms with van der Waals surface area (Å²) in [7, 11) is 0. The molecule has 0 aliphatic heterocycles. The van der Waals surface area contributed by atoms with E-state index in [-0.39, 0.29) is 5.92 Å². The first-order valence-electron chi connectivity index (χ1n) is 9.74. The molecule has 2 aromatic carbocycles. The number of nitrogen functional groups attached to an aromatic ring is 1. The number of carbonyl (C=O) groups is 1. The number of carbonyl (C=O) groups excluding carboxylic acids is 1. The van der Waals surface area contributed by atoms with Crippen molar-refractivity contribution < 1.29 is 9.53 Å². The second kappa shape index (κ2) is 6.95. The van der Waals surface area contributed by atoms with Gasteiger partial charge in [0.25, 0.3) is 0 Å². The molecule has 1 fully saturated rings. The molecule has 6 heteroatoms. The van der Waals surface area contributed by atoms with Crippen LogP contribution in [0.1, 0.15) is 44.5 Å². The number of imidazole rings is 1. The molecule has 3 N–H and O–H groups in total. The summed E-state index contributed by atoms with van der Waals surface area (Å²) in [5.74, 6) is 0.896. The molecule has 4 rings (SSSR count). The van der Waals surface area contributed by atoms with E-state index in [1.54, 1.807) is 6.20 Å². The van der Waals surface area contributed by atoms with Gasteiger partial charge in [-0.15, -0.1) is 0 Å². The Kier molecular flexibility index (Phi) is 4.57. The third-order valence-electron chi connectivity index (χ3n) is 5.10. The number of aromatic nitrogens is 2. The zero-order valence-corrected chi connectivity index (χ0v) is 16.9. The van der Waals surface area contributed by atoms with Gasteiger partial charge in [-0.25, -0.2) is 9.78 Å². The quantitative estimate of drug-likeness (QED) is 0.649. The Labute approximate surface area is 170 Å². The van der Waals surface area contributed by atoms with E-state index in [2.05, 4.69) is 22.4 Å². The molecular formula is C23H26N4O2. The maximum Gasteiger partial charge on any atom is 0.408 e. The number of hydrogen-bond donors (Lipinski definition) is 2. The molecule has 1 amide bonds. The predicted octanol–water partition coefficient (Wildman–Crippen LogP) is 4.36. The Bertz CT molecular complexity index is 1010. The molecule has 3 aromatic rings. The van der Waals surface area contributed by atoms with E-state index in [0.717, 1.165) is 23.5 Å². The van der Waals surface area contributed by atoms with Crippen LogP contribution in [0.4, 0.5) is 10.5 Å². The number of amides is 1. The minimum atomic E-state index is -0.630. The molecular weight excluding hydrogens is 364 g/mol.